The van der Waals surface area contributed by atoms with Crippen molar-refractivity contribution in [3.05, 3.63) is 63.7 Å². The van der Waals surface area contributed by atoms with Crippen molar-refractivity contribution in [2.24, 2.45) is 0 Å². The Kier molecular flexibility index (Phi) is 7.05. The first-order valence-corrected chi connectivity index (χ1v) is 10.1. The van der Waals surface area contributed by atoms with Gasteiger partial charge in [0, 0.05) is 18.3 Å². The SMILES string of the molecule is CCOC(=O)Nc1ccc(CNc2ccc(C3CCCCC3)cc2)cc1[N+](=O)[O-]. The molecule has 0 bridgehead atoms. The zero-order valence-corrected chi connectivity index (χ0v) is 16.6. The smallest absolute Gasteiger partial charge is 0.411 e. The first-order valence-electron chi connectivity index (χ1n) is 10.1. The Hall–Kier alpha value is -3.09. The van der Waals surface area contributed by atoms with Gasteiger partial charge >= 0.3 is 6.09 Å². The summed E-state index contributed by atoms with van der Waals surface area (Å²) in [6.07, 6.45) is 5.79. The normalized spacial score (nSPS) is 14.2. The van der Waals surface area contributed by atoms with Crippen LogP contribution in [0.15, 0.2) is 42.5 Å². The van der Waals surface area contributed by atoms with Gasteiger partial charge in [0.05, 0.1) is 11.5 Å². The molecule has 1 aliphatic rings. The summed E-state index contributed by atoms with van der Waals surface area (Å²) in [5, 5.41) is 17.1. The molecule has 0 saturated heterocycles. The first-order chi connectivity index (χ1) is 14.1. The molecule has 1 aliphatic carbocycles. The van der Waals surface area contributed by atoms with Gasteiger partial charge < -0.3 is 10.1 Å². The molecular formula is C22H27N3O4. The van der Waals surface area contributed by atoms with Crippen molar-refractivity contribution in [3.63, 3.8) is 0 Å². The quantitative estimate of drug-likeness (QED) is 0.453. The van der Waals surface area contributed by atoms with E-state index in [9.17, 15) is 14.9 Å². The lowest BCUT2D eigenvalue weighted by atomic mass is 9.84. The minimum Gasteiger partial charge on any atom is -0.450 e. The van der Waals surface area contributed by atoms with Crippen molar-refractivity contribution in [1.82, 2.24) is 0 Å². The van der Waals surface area contributed by atoms with E-state index in [0.29, 0.717) is 12.5 Å². The van der Waals surface area contributed by atoms with Crippen molar-refractivity contribution in [1.29, 1.82) is 0 Å². The highest BCUT2D eigenvalue weighted by atomic mass is 16.6. The molecule has 0 atom stereocenters. The Morgan fingerprint density at radius 3 is 2.52 bits per heavy atom. The third-order valence-corrected chi connectivity index (χ3v) is 5.25. The topological polar surface area (TPSA) is 93.5 Å². The fourth-order valence-electron chi connectivity index (χ4n) is 3.73. The lowest BCUT2D eigenvalue weighted by Gasteiger charge is -2.22. The number of hydrogen-bond donors (Lipinski definition) is 2. The summed E-state index contributed by atoms with van der Waals surface area (Å²) in [7, 11) is 0. The third-order valence-electron chi connectivity index (χ3n) is 5.25. The standard InChI is InChI=1S/C22H27N3O4/c1-2-29-22(26)24-20-13-8-16(14-21(20)25(27)28)15-23-19-11-9-18(10-12-19)17-6-4-3-5-7-17/h8-14,17,23H,2-7,15H2,1H3,(H,24,26). The molecule has 1 amide bonds. The fourth-order valence-corrected chi connectivity index (χ4v) is 3.73. The Balaban J connectivity index is 1.63. The number of amides is 1. The second kappa shape index (κ2) is 9.91. The molecule has 29 heavy (non-hydrogen) atoms. The van der Waals surface area contributed by atoms with Gasteiger partial charge in [0.1, 0.15) is 5.69 Å². The lowest BCUT2D eigenvalue weighted by Crippen LogP contribution is -2.14. The van der Waals surface area contributed by atoms with Gasteiger partial charge in [-0.15, -0.1) is 0 Å². The average Bonchev–Trinajstić information content (AvgIpc) is 2.74. The largest absolute Gasteiger partial charge is 0.450 e. The number of nitrogens with one attached hydrogen (secondary N) is 2. The van der Waals surface area contributed by atoms with Crippen LogP contribution in [0.3, 0.4) is 0 Å². The molecule has 1 saturated carbocycles. The zero-order valence-electron chi connectivity index (χ0n) is 16.6. The van der Waals surface area contributed by atoms with E-state index in [1.165, 1.54) is 49.8 Å². The van der Waals surface area contributed by atoms with Crippen LogP contribution in [-0.2, 0) is 11.3 Å². The van der Waals surface area contributed by atoms with Gasteiger partial charge in [0.15, 0.2) is 0 Å². The molecule has 154 valence electrons. The number of carbonyl (C=O) groups is 1. The van der Waals surface area contributed by atoms with Crippen molar-refractivity contribution in [2.45, 2.75) is 51.5 Å². The maximum Gasteiger partial charge on any atom is 0.411 e. The molecule has 1 fully saturated rings. The van der Waals surface area contributed by atoms with Crippen molar-refractivity contribution in [3.8, 4) is 0 Å². The second-order valence-corrected chi connectivity index (χ2v) is 7.26. The summed E-state index contributed by atoms with van der Waals surface area (Å²) in [6.45, 7) is 2.31. The molecule has 0 radical (unpaired) electrons. The number of anilines is 2. The number of benzene rings is 2. The Labute approximate surface area is 170 Å². The van der Waals surface area contributed by atoms with Crippen molar-refractivity contribution in [2.75, 3.05) is 17.2 Å². The average molecular weight is 397 g/mol. The maximum atomic E-state index is 11.6. The van der Waals surface area contributed by atoms with Crippen LogP contribution in [0.4, 0.5) is 21.9 Å². The number of hydrogen-bond acceptors (Lipinski definition) is 5. The lowest BCUT2D eigenvalue weighted by molar-refractivity contribution is -0.384. The summed E-state index contributed by atoms with van der Waals surface area (Å²) in [5.41, 5.74) is 3.07. The van der Waals surface area contributed by atoms with Crippen LogP contribution in [-0.4, -0.2) is 17.6 Å². The molecule has 7 heteroatoms. The van der Waals surface area contributed by atoms with Crippen molar-refractivity contribution < 1.29 is 14.5 Å². The predicted molar refractivity (Wildman–Crippen MR) is 113 cm³/mol. The highest BCUT2D eigenvalue weighted by Gasteiger charge is 2.18. The molecule has 2 aromatic rings. The third kappa shape index (κ3) is 5.70. The van der Waals surface area contributed by atoms with E-state index in [4.69, 9.17) is 4.74 Å². The van der Waals surface area contributed by atoms with Crippen LogP contribution in [0.1, 0.15) is 56.1 Å². The fraction of sp³-hybridized carbons (Fsp3) is 0.409. The van der Waals surface area contributed by atoms with E-state index in [0.717, 1.165) is 11.3 Å². The zero-order chi connectivity index (χ0) is 20.6. The molecule has 0 spiro atoms. The maximum absolute atomic E-state index is 11.6. The molecule has 3 rings (SSSR count). The van der Waals surface area contributed by atoms with E-state index in [2.05, 4.69) is 34.9 Å². The summed E-state index contributed by atoms with van der Waals surface area (Å²) < 4.78 is 4.78. The number of nitro benzene ring substituents is 1. The minimum absolute atomic E-state index is 0.119. The number of ether oxygens (including phenoxy) is 1. The molecule has 0 heterocycles. The van der Waals surface area contributed by atoms with E-state index < -0.39 is 11.0 Å². The Morgan fingerprint density at radius 2 is 1.86 bits per heavy atom. The predicted octanol–water partition coefficient (Wildman–Crippen LogP) is 5.82. The van der Waals surface area contributed by atoms with Crippen LogP contribution >= 0.6 is 0 Å². The Bertz CT molecular complexity index is 846. The molecule has 0 aliphatic heterocycles. The highest BCUT2D eigenvalue weighted by molar-refractivity contribution is 5.87. The van der Waals surface area contributed by atoms with Gasteiger partial charge in [0.25, 0.3) is 5.69 Å². The van der Waals surface area contributed by atoms with Gasteiger partial charge in [-0.2, -0.15) is 0 Å². The van der Waals surface area contributed by atoms with Crippen LogP contribution in [0.5, 0.6) is 0 Å². The molecule has 0 aromatic heterocycles. The summed E-state index contributed by atoms with van der Waals surface area (Å²) in [4.78, 5) is 22.4. The highest BCUT2D eigenvalue weighted by Crippen LogP contribution is 2.33. The number of carbonyl (C=O) groups excluding carboxylic acids is 1. The minimum atomic E-state index is -0.709. The molecule has 7 nitrogen and oxygen atoms in total. The Morgan fingerprint density at radius 1 is 1.14 bits per heavy atom. The summed E-state index contributed by atoms with van der Waals surface area (Å²) in [5.74, 6) is 0.667. The van der Waals surface area contributed by atoms with E-state index in [-0.39, 0.29) is 18.0 Å². The number of nitro groups is 1. The van der Waals surface area contributed by atoms with Crippen LogP contribution in [0.25, 0.3) is 0 Å². The van der Waals surface area contributed by atoms with Crippen LogP contribution < -0.4 is 10.6 Å². The van der Waals surface area contributed by atoms with Gasteiger partial charge in [-0.25, -0.2) is 4.79 Å². The number of nitrogens with zero attached hydrogens (tertiary/aromatic N) is 1. The second-order valence-electron chi connectivity index (χ2n) is 7.26. The van der Waals surface area contributed by atoms with Crippen LogP contribution in [0, 0.1) is 10.1 Å². The van der Waals surface area contributed by atoms with E-state index in [1.807, 2.05) is 0 Å². The molecule has 2 N–H and O–H groups in total. The number of rotatable bonds is 7. The first kappa shape index (κ1) is 20.6. The van der Waals surface area contributed by atoms with E-state index >= 15 is 0 Å². The van der Waals surface area contributed by atoms with E-state index in [1.54, 1.807) is 13.0 Å². The summed E-state index contributed by atoms with van der Waals surface area (Å²) in [6, 6.07) is 13.2. The van der Waals surface area contributed by atoms with Gasteiger partial charge in [-0.1, -0.05) is 37.5 Å². The van der Waals surface area contributed by atoms with Gasteiger partial charge in [-0.05, 0) is 55.0 Å². The van der Waals surface area contributed by atoms with Gasteiger partial charge in [-0.3, -0.25) is 15.4 Å². The van der Waals surface area contributed by atoms with Crippen LogP contribution in [0.2, 0.25) is 0 Å². The summed E-state index contributed by atoms with van der Waals surface area (Å²) >= 11 is 0. The molecule has 2 aromatic carbocycles. The molecule has 0 unspecified atom stereocenters. The molecular weight excluding hydrogens is 370 g/mol. The monoisotopic (exact) mass is 397 g/mol. The van der Waals surface area contributed by atoms with Gasteiger partial charge in [0.2, 0.25) is 0 Å². The van der Waals surface area contributed by atoms with Crippen molar-refractivity contribution >= 4 is 23.2 Å².